The molecule has 0 radical (unpaired) electrons. The van der Waals surface area contributed by atoms with Crippen LogP contribution in [0.25, 0.3) is 0 Å². The minimum Gasteiger partial charge on any atom is -0.338 e. The van der Waals surface area contributed by atoms with Gasteiger partial charge in [0.15, 0.2) is 5.82 Å². The summed E-state index contributed by atoms with van der Waals surface area (Å²) in [5.41, 5.74) is 5.98. The van der Waals surface area contributed by atoms with Gasteiger partial charge in [-0.15, -0.1) is 11.8 Å². The summed E-state index contributed by atoms with van der Waals surface area (Å²) in [5.74, 6) is 1.33. The number of thioether (sulfide) groups is 1. The highest BCUT2D eigenvalue weighted by atomic mass is 32.2. The molecular weight excluding hydrogens is 270 g/mol. The first-order valence-corrected chi connectivity index (χ1v) is 7.90. The minimum absolute atomic E-state index is 0.128. The highest BCUT2D eigenvalue weighted by Crippen LogP contribution is 2.37. The van der Waals surface area contributed by atoms with E-state index in [0.29, 0.717) is 11.7 Å². The molecule has 1 heterocycles. The normalized spacial score (nSPS) is 19.1. The van der Waals surface area contributed by atoms with Gasteiger partial charge in [0.25, 0.3) is 0 Å². The molecule has 2 aromatic rings. The lowest BCUT2D eigenvalue weighted by Crippen LogP contribution is -2.34. The molecule has 0 spiro atoms. The molecule has 1 aliphatic carbocycles. The van der Waals surface area contributed by atoms with Gasteiger partial charge in [-0.1, -0.05) is 36.2 Å². The zero-order valence-corrected chi connectivity index (χ0v) is 12.4. The van der Waals surface area contributed by atoms with E-state index in [1.54, 1.807) is 11.8 Å². The minimum atomic E-state index is -0.376. The molecule has 1 atom stereocenters. The number of hydrogen-bond donors (Lipinski definition) is 1. The van der Waals surface area contributed by atoms with Crippen molar-refractivity contribution in [2.75, 3.05) is 0 Å². The second-order valence-electron chi connectivity index (χ2n) is 5.39. The fourth-order valence-corrected chi connectivity index (χ4v) is 3.50. The van der Waals surface area contributed by atoms with Crippen LogP contribution in [-0.4, -0.2) is 10.1 Å². The number of nitrogens with zero attached hydrogens (tertiary/aromatic N) is 2. The molecule has 4 nitrogen and oxygen atoms in total. The van der Waals surface area contributed by atoms with E-state index in [2.05, 4.69) is 29.2 Å². The van der Waals surface area contributed by atoms with Gasteiger partial charge in [-0.25, -0.2) is 0 Å². The summed E-state index contributed by atoms with van der Waals surface area (Å²) in [6, 6.07) is 10.2. The van der Waals surface area contributed by atoms with Crippen molar-refractivity contribution in [3.63, 3.8) is 0 Å². The third-order valence-corrected chi connectivity index (χ3v) is 4.89. The van der Waals surface area contributed by atoms with E-state index < -0.39 is 0 Å². The standard InChI is InChI=1S/C15H19N3OS/c1-11(20-12-7-3-2-4-8-12)13-17-14(18-19-13)15(16)9-5-6-10-15/h2-4,7-8,11H,5-6,9-10,16H2,1H3. The van der Waals surface area contributed by atoms with Crippen LogP contribution in [0.15, 0.2) is 39.8 Å². The van der Waals surface area contributed by atoms with Gasteiger partial charge < -0.3 is 10.3 Å². The average molecular weight is 289 g/mol. The predicted molar refractivity (Wildman–Crippen MR) is 79.3 cm³/mol. The lowest BCUT2D eigenvalue weighted by atomic mass is 9.99. The molecule has 3 rings (SSSR count). The molecule has 20 heavy (non-hydrogen) atoms. The zero-order valence-electron chi connectivity index (χ0n) is 11.6. The molecule has 0 saturated heterocycles. The monoisotopic (exact) mass is 289 g/mol. The Kier molecular flexibility index (Phi) is 3.81. The fourth-order valence-electron chi connectivity index (χ4n) is 2.59. The van der Waals surface area contributed by atoms with Crippen LogP contribution in [0, 0.1) is 0 Å². The maximum Gasteiger partial charge on any atom is 0.239 e. The van der Waals surface area contributed by atoms with E-state index in [4.69, 9.17) is 10.3 Å². The molecular formula is C15H19N3OS. The van der Waals surface area contributed by atoms with E-state index in [0.717, 1.165) is 25.7 Å². The Morgan fingerprint density at radius 3 is 2.65 bits per heavy atom. The Hall–Kier alpha value is -1.33. The number of hydrogen-bond acceptors (Lipinski definition) is 5. The molecule has 5 heteroatoms. The molecule has 1 aromatic heterocycles. The fraction of sp³-hybridized carbons (Fsp3) is 0.467. The Morgan fingerprint density at radius 2 is 1.95 bits per heavy atom. The predicted octanol–water partition coefficient (Wildman–Crippen LogP) is 3.65. The summed E-state index contributed by atoms with van der Waals surface area (Å²) in [7, 11) is 0. The van der Waals surface area contributed by atoms with Crippen molar-refractivity contribution in [1.82, 2.24) is 10.1 Å². The highest BCUT2D eigenvalue weighted by molar-refractivity contribution is 7.99. The van der Waals surface area contributed by atoms with Crippen molar-refractivity contribution in [2.24, 2.45) is 5.73 Å². The summed E-state index contributed by atoms with van der Waals surface area (Å²) < 4.78 is 5.41. The van der Waals surface area contributed by atoms with Crippen LogP contribution in [-0.2, 0) is 5.54 Å². The van der Waals surface area contributed by atoms with E-state index in [1.807, 2.05) is 18.2 Å². The summed E-state index contributed by atoms with van der Waals surface area (Å²) in [5, 5.41) is 4.24. The van der Waals surface area contributed by atoms with Crippen molar-refractivity contribution in [3.05, 3.63) is 42.0 Å². The molecule has 0 aliphatic heterocycles. The smallest absolute Gasteiger partial charge is 0.239 e. The van der Waals surface area contributed by atoms with Gasteiger partial charge >= 0.3 is 0 Å². The lowest BCUT2D eigenvalue weighted by Gasteiger charge is -2.17. The van der Waals surface area contributed by atoms with E-state index >= 15 is 0 Å². The van der Waals surface area contributed by atoms with Crippen molar-refractivity contribution in [3.8, 4) is 0 Å². The first-order chi connectivity index (χ1) is 9.67. The second-order valence-corrected chi connectivity index (χ2v) is 6.81. The van der Waals surface area contributed by atoms with E-state index in [-0.39, 0.29) is 10.8 Å². The van der Waals surface area contributed by atoms with Crippen LogP contribution < -0.4 is 5.73 Å². The van der Waals surface area contributed by atoms with Crippen LogP contribution in [0.5, 0.6) is 0 Å². The van der Waals surface area contributed by atoms with Gasteiger partial charge in [0.1, 0.15) is 0 Å². The lowest BCUT2D eigenvalue weighted by molar-refractivity contribution is 0.349. The van der Waals surface area contributed by atoms with Crippen molar-refractivity contribution < 1.29 is 4.52 Å². The zero-order chi connectivity index (χ0) is 14.0. The van der Waals surface area contributed by atoms with Gasteiger partial charge in [-0.05, 0) is 31.9 Å². The molecule has 1 unspecified atom stereocenters. The number of nitrogens with two attached hydrogens (primary N) is 1. The van der Waals surface area contributed by atoms with Crippen molar-refractivity contribution in [1.29, 1.82) is 0 Å². The Labute approximate surface area is 123 Å². The van der Waals surface area contributed by atoms with Crippen LogP contribution >= 0.6 is 11.8 Å². The number of aromatic nitrogens is 2. The maximum atomic E-state index is 6.35. The average Bonchev–Trinajstić information content (AvgIpc) is 3.09. The molecule has 0 amide bonds. The first-order valence-electron chi connectivity index (χ1n) is 7.02. The van der Waals surface area contributed by atoms with Crippen molar-refractivity contribution in [2.45, 2.75) is 48.3 Å². The Morgan fingerprint density at radius 1 is 1.25 bits per heavy atom. The topological polar surface area (TPSA) is 64.9 Å². The van der Waals surface area contributed by atoms with Crippen LogP contribution in [0.2, 0.25) is 0 Å². The van der Waals surface area contributed by atoms with Gasteiger partial charge in [0.05, 0.1) is 10.8 Å². The second kappa shape index (κ2) is 5.58. The molecule has 0 bridgehead atoms. The van der Waals surface area contributed by atoms with Gasteiger partial charge in [0, 0.05) is 4.90 Å². The summed E-state index contributed by atoms with van der Waals surface area (Å²) in [6.45, 7) is 2.08. The molecule has 1 aromatic carbocycles. The van der Waals surface area contributed by atoms with Crippen LogP contribution in [0.4, 0.5) is 0 Å². The molecule has 2 N–H and O–H groups in total. The molecule has 1 saturated carbocycles. The summed E-state index contributed by atoms with van der Waals surface area (Å²) >= 11 is 1.71. The molecule has 106 valence electrons. The Balaban J connectivity index is 1.73. The van der Waals surface area contributed by atoms with Crippen molar-refractivity contribution >= 4 is 11.8 Å². The van der Waals surface area contributed by atoms with Crippen LogP contribution in [0.1, 0.15) is 49.6 Å². The van der Waals surface area contributed by atoms with E-state index in [1.165, 1.54) is 4.90 Å². The SMILES string of the molecule is CC(Sc1ccccc1)c1nc(C2(N)CCCC2)no1. The van der Waals surface area contributed by atoms with Crippen LogP contribution in [0.3, 0.4) is 0 Å². The van der Waals surface area contributed by atoms with Gasteiger partial charge in [0.2, 0.25) is 5.89 Å². The molecule has 1 fully saturated rings. The molecule has 1 aliphatic rings. The quantitative estimate of drug-likeness (QED) is 0.870. The highest BCUT2D eigenvalue weighted by Gasteiger charge is 2.36. The Bertz CT molecular complexity index is 564. The third-order valence-electron chi connectivity index (χ3n) is 3.79. The first kappa shape index (κ1) is 13.6. The third kappa shape index (κ3) is 2.74. The number of benzene rings is 1. The summed E-state index contributed by atoms with van der Waals surface area (Å²) in [6.07, 6.45) is 4.20. The largest absolute Gasteiger partial charge is 0.338 e. The number of rotatable bonds is 4. The maximum absolute atomic E-state index is 6.35. The van der Waals surface area contributed by atoms with Gasteiger partial charge in [-0.3, -0.25) is 0 Å². The van der Waals surface area contributed by atoms with Gasteiger partial charge in [-0.2, -0.15) is 4.98 Å². The van der Waals surface area contributed by atoms with E-state index in [9.17, 15) is 0 Å². The summed E-state index contributed by atoms with van der Waals surface area (Å²) in [4.78, 5) is 5.73.